The minimum atomic E-state index is -0.620. The molecule has 1 aliphatic carbocycles. The minimum absolute atomic E-state index is 0.0574. The maximum Gasteiger partial charge on any atom is 0.261 e. The first-order valence-electron chi connectivity index (χ1n) is 10.4. The molecule has 0 radical (unpaired) electrons. The summed E-state index contributed by atoms with van der Waals surface area (Å²) >= 11 is 1.43. The van der Waals surface area contributed by atoms with E-state index in [1.54, 1.807) is 35.2 Å². The number of hydrogen-bond acceptors (Lipinski definition) is 3. The van der Waals surface area contributed by atoms with Crippen LogP contribution in [0.3, 0.4) is 0 Å². The monoisotopic (exact) mass is 442 g/mol. The van der Waals surface area contributed by atoms with Gasteiger partial charge in [-0.3, -0.25) is 9.59 Å². The largest absolute Gasteiger partial charge is 0.354 e. The maximum atomic E-state index is 13.3. The summed E-state index contributed by atoms with van der Waals surface area (Å²) in [6, 6.07) is 12.2. The third-order valence-electron chi connectivity index (χ3n) is 6.00. The first kappa shape index (κ1) is 21.6. The van der Waals surface area contributed by atoms with Crippen molar-refractivity contribution in [1.82, 2.24) is 10.2 Å². The Labute approximate surface area is 184 Å². The van der Waals surface area contributed by atoms with E-state index in [1.807, 2.05) is 0 Å². The molecule has 0 unspecified atom stereocenters. The molecule has 0 aromatic heterocycles. The highest BCUT2D eigenvalue weighted by Crippen LogP contribution is 2.41. The number of amides is 2. The molecule has 1 heterocycles. The second-order valence-corrected chi connectivity index (χ2v) is 8.94. The van der Waals surface area contributed by atoms with E-state index in [1.165, 1.54) is 36.0 Å². The lowest BCUT2D eigenvalue weighted by molar-refractivity contribution is -0.128. The Hall–Kier alpha value is -2.67. The Morgan fingerprint density at radius 2 is 1.65 bits per heavy atom. The van der Waals surface area contributed by atoms with Crippen molar-refractivity contribution in [3.63, 3.8) is 0 Å². The van der Waals surface area contributed by atoms with E-state index in [0.717, 1.165) is 36.8 Å². The summed E-state index contributed by atoms with van der Waals surface area (Å²) in [5.41, 5.74) is 1.00. The van der Waals surface area contributed by atoms with Crippen molar-refractivity contribution in [3.8, 4) is 0 Å². The zero-order valence-corrected chi connectivity index (χ0v) is 17.9. The number of nitrogens with zero attached hydrogens (tertiary/aromatic N) is 1. The molecule has 2 aromatic carbocycles. The molecular weight excluding hydrogens is 418 g/mol. The first-order valence-corrected chi connectivity index (χ1v) is 11.4. The molecular formula is C24H24F2N2O2S. The smallest absolute Gasteiger partial charge is 0.261 e. The second-order valence-electron chi connectivity index (χ2n) is 7.95. The summed E-state index contributed by atoms with van der Waals surface area (Å²) in [6.45, 7) is 0.774. The first-order chi connectivity index (χ1) is 15.0. The topological polar surface area (TPSA) is 49.4 Å². The van der Waals surface area contributed by atoms with Crippen LogP contribution in [-0.2, 0) is 15.0 Å². The number of nitrogens with one attached hydrogen (secondary N) is 1. The Morgan fingerprint density at radius 1 is 1.03 bits per heavy atom. The Balaban J connectivity index is 1.35. The van der Waals surface area contributed by atoms with Gasteiger partial charge in [0, 0.05) is 13.1 Å². The van der Waals surface area contributed by atoms with E-state index in [9.17, 15) is 18.4 Å². The predicted octanol–water partition coefficient (Wildman–Crippen LogP) is 4.47. The number of thioether (sulfide) groups is 1. The van der Waals surface area contributed by atoms with Crippen molar-refractivity contribution in [3.05, 3.63) is 76.2 Å². The minimum Gasteiger partial charge on any atom is -0.354 e. The summed E-state index contributed by atoms with van der Waals surface area (Å²) in [5, 5.41) is 3.00. The quantitative estimate of drug-likeness (QED) is 0.672. The average Bonchev–Trinajstić information content (AvgIpc) is 3.39. The van der Waals surface area contributed by atoms with E-state index < -0.39 is 5.41 Å². The molecule has 7 heteroatoms. The lowest BCUT2D eigenvalue weighted by atomic mass is 9.78. The second kappa shape index (κ2) is 9.22. The van der Waals surface area contributed by atoms with Crippen LogP contribution in [0.15, 0.2) is 53.4 Å². The van der Waals surface area contributed by atoms with Gasteiger partial charge >= 0.3 is 0 Å². The molecule has 2 aliphatic rings. The van der Waals surface area contributed by atoms with Crippen LogP contribution >= 0.6 is 11.8 Å². The molecule has 1 saturated heterocycles. The van der Waals surface area contributed by atoms with Crippen LogP contribution in [0.1, 0.15) is 36.8 Å². The van der Waals surface area contributed by atoms with Gasteiger partial charge in [-0.25, -0.2) is 8.78 Å². The van der Waals surface area contributed by atoms with Gasteiger partial charge in [-0.15, -0.1) is 0 Å². The molecule has 162 valence electrons. The number of carbonyl (C=O) groups excluding carboxylic acids is 2. The lowest BCUT2D eigenvalue weighted by Crippen LogP contribution is -2.45. The molecule has 0 atom stereocenters. The van der Waals surface area contributed by atoms with Crippen LogP contribution in [0.5, 0.6) is 0 Å². The third-order valence-corrected chi connectivity index (χ3v) is 7.04. The van der Waals surface area contributed by atoms with Gasteiger partial charge in [0.1, 0.15) is 11.6 Å². The molecule has 4 nitrogen and oxygen atoms in total. The number of hydrogen-bond donors (Lipinski definition) is 1. The van der Waals surface area contributed by atoms with Crippen molar-refractivity contribution < 1.29 is 18.4 Å². The SMILES string of the molecule is O=C1/C(=C\c2ccc(F)cc2)SCN1CCNC(=O)C1(c2ccc(F)cc2)CCCC1. The Kier molecular flexibility index (Phi) is 6.41. The van der Waals surface area contributed by atoms with Gasteiger partial charge in [0.2, 0.25) is 5.91 Å². The summed E-state index contributed by atoms with van der Waals surface area (Å²) in [7, 11) is 0. The highest BCUT2D eigenvalue weighted by molar-refractivity contribution is 8.04. The molecule has 1 N–H and O–H groups in total. The van der Waals surface area contributed by atoms with Gasteiger partial charge in [0.05, 0.1) is 16.2 Å². The van der Waals surface area contributed by atoms with Crippen molar-refractivity contribution in [2.45, 2.75) is 31.1 Å². The number of halogens is 2. The number of rotatable bonds is 6. The fourth-order valence-electron chi connectivity index (χ4n) is 4.27. The van der Waals surface area contributed by atoms with Gasteiger partial charge in [0.15, 0.2) is 0 Å². The molecule has 0 spiro atoms. The number of benzene rings is 2. The third kappa shape index (κ3) is 4.66. The molecule has 1 aliphatic heterocycles. The molecule has 31 heavy (non-hydrogen) atoms. The lowest BCUT2D eigenvalue weighted by Gasteiger charge is -2.28. The van der Waals surface area contributed by atoms with E-state index in [-0.39, 0.29) is 23.4 Å². The van der Waals surface area contributed by atoms with Gasteiger partial charge in [-0.05, 0) is 54.3 Å². The van der Waals surface area contributed by atoms with Crippen LogP contribution in [0.2, 0.25) is 0 Å². The van der Waals surface area contributed by atoms with E-state index in [0.29, 0.717) is 23.9 Å². The van der Waals surface area contributed by atoms with E-state index in [4.69, 9.17) is 0 Å². The van der Waals surface area contributed by atoms with Gasteiger partial charge in [-0.2, -0.15) is 0 Å². The van der Waals surface area contributed by atoms with Crippen molar-refractivity contribution in [2.24, 2.45) is 0 Å². The Morgan fingerprint density at radius 3 is 2.29 bits per heavy atom. The summed E-state index contributed by atoms with van der Waals surface area (Å²) < 4.78 is 26.4. The fraction of sp³-hybridized carbons (Fsp3) is 0.333. The van der Waals surface area contributed by atoms with E-state index in [2.05, 4.69) is 5.32 Å². The Bertz CT molecular complexity index is 984. The average molecular weight is 443 g/mol. The molecule has 0 bridgehead atoms. The maximum absolute atomic E-state index is 13.3. The van der Waals surface area contributed by atoms with Crippen LogP contribution in [0, 0.1) is 11.6 Å². The molecule has 4 rings (SSSR count). The van der Waals surface area contributed by atoms with Crippen LogP contribution in [-0.4, -0.2) is 35.7 Å². The van der Waals surface area contributed by atoms with Crippen molar-refractivity contribution in [1.29, 1.82) is 0 Å². The van der Waals surface area contributed by atoms with Crippen LogP contribution in [0.4, 0.5) is 8.78 Å². The fourth-order valence-corrected chi connectivity index (χ4v) is 5.28. The molecule has 2 amide bonds. The summed E-state index contributed by atoms with van der Waals surface area (Å²) in [5.74, 6) is -0.252. The highest BCUT2D eigenvalue weighted by atomic mass is 32.2. The van der Waals surface area contributed by atoms with Gasteiger partial charge < -0.3 is 10.2 Å². The standard InChI is InChI=1S/C24H24F2N2O2S/c25-19-7-3-17(4-8-19)15-21-22(29)28(16-31-21)14-13-27-23(30)24(11-1-2-12-24)18-5-9-20(26)10-6-18/h3-10,15H,1-2,11-14,16H2,(H,27,30)/b21-15+. The highest BCUT2D eigenvalue weighted by Gasteiger charge is 2.42. The predicted molar refractivity (Wildman–Crippen MR) is 118 cm³/mol. The molecule has 1 saturated carbocycles. The zero-order chi connectivity index (χ0) is 21.8. The summed E-state index contributed by atoms with van der Waals surface area (Å²) in [4.78, 5) is 28.0. The van der Waals surface area contributed by atoms with Crippen molar-refractivity contribution >= 4 is 29.7 Å². The molecule has 2 aromatic rings. The van der Waals surface area contributed by atoms with E-state index >= 15 is 0 Å². The molecule has 2 fully saturated rings. The van der Waals surface area contributed by atoms with Gasteiger partial charge in [-0.1, -0.05) is 48.9 Å². The van der Waals surface area contributed by atoms with Crippen LogP contribution < -0.4 is 5.32 Å². The van der Waals surface area contributed by atoms with Crippen molar-refractivity contribution in [2.75, 3.05) is 19.0 Å². The zero-order valence-electron chi connectivity index (χ0n) is 17.1. The van der Waals surface area contributed by atoms with Gasteiger partial charge in [0.25, 0.3) is 5.91 Å². The van der Waals surface area contributed by atoms with Crippen LogP contribution in [0.25, 0.3) is 6.08 Å². The normalized spacial score (nSPS) is 19.2. The number of carbonyl (C=O) groups is 2. The summed E-state index contributed by atoms with van der Waals surface area (Å²) in [6.07, 6.45) is 5.17.